The van der Waals surface area contributed by atoms with Crippen molar-refractivity contribution in [3.8, 4) is 10.6 Å². The van der Waals surface area contributed by atoms with Gasteiger partial charge in [0.05, 0.1) is 35.3 Å². The standard InChI is InChI=1S/C21H13O4S/c1-25-16-11-10-13(21(23)24)12-19(16)26-17-8-4-2-6-14(17)20(22)15-7-3-5-9-18(15)26/h2-6,8-12H,1H3/q+1/p+1. The van der Waals surface area contributed by atoms with Crippen LogP contribution in [0.25, 0.3) is 27.1 Å². The molecule has 2 aromatic carbocycles. The first-order valence-electron chi connectivity index (χ1n) is 7.92. The number of carboxylic acid groups (broad SMARTS) is 1. The minimum Gasteiger partial charge on any atom is -0.491 e. The van der Waals surface area contributed by atoms with E-state index >= 15 is 0 Å². The van der Waals surface area contributed by atoms with Gasteiger partial charge in [-0.05, 0) is 18.2 Å². The van der Waals surface area contributed by atoms with Gasteiger partial charge in [-0.2, -0.15) is 0 Å². The monoisotopic (exact) mass is 362 g/mol. The van der Waals surface area contributed by atoms with Gasteiger partial charge in [-0.3, -0.25) is 0 Å². The summed E-state index contributed by atoms with van der Waals surface area (Å²) in [7, 11) is 0.900. The van der Waals surface area contributed by atoms with Crippen molar-refractivity contribution < 1.29 is 14.6 Å². The minimum absolute atomic E-state index is 0.0618. The molecule has 3 aromatic rings. The maximum absolute atomic E-state index is 12.9. The van der Waals surface area contributed by atoms with Crippen LogP contribution < -0.4 is 19.9 Å². The molecule has 26 heavy (non-hydrogen) atoms. The maximum Gasteiger partial charge on any atom is 0.335 e. The highest BCUT2D eigenvalue weighted by molar-refractivity contribution is 7.43. The zero-order valence-corrected chi connectivity index (χ0v) is 14.7. The molecule has 1 aliphatic carbocycles. The van der Waals surface area contributed by atoms with Gasteiger partial charge in [0.15, 0.2) is 5.75 Å². The number of carbonyl (C=O) groups is 1. The number of fused-ring (bicyclic) bond motifs is 2. The van der Waals surface area contributed by atoms with E-state index in [4.69, 9.17) is 4.74 Å². The van der Waals surface area contributed by atoms with Gasteiger partial charge in [-0.25, -0.2) is 9.59 Å². The van der Waals surface area contributed by atoms with E-state index in [1.54, 1.807) is 31.4 Å². The smallest absolute Gasteiger partial charge is 0.335 e. The van der Waals surface area contributed by atoms with Gasteiger partial charge in [0.25, 0.3) is 15.2 Å². The molecule has 1 atom stereocenters. The van der Waals surface area contributed by atoms with Crippen molar-refractivity contribution in [3.63, 3.8) is 0 Å². The molecule has 1 heterocycles. The normalized spacial score (nSPS) is 12.6. The fourth-order valence-electron chi connectivity index (χ4n) is 3.06. The summed E-state index contributed by atoms with van der Waals surface area (Å²) < 4.78 is 7.21. The van der Waals surface area contributed by atoms with Crippen LogP contribution >= 0.6 is 10.5 Å². The summed E-state index contributed by atoms with van der Waals surface area (Å²) in [6.07, 6.45) is 8.51. The average molecular weight is 362 g/mol. The molecule has 0 aliphatic heterocycles. The molecule has 4 rings (SSSR count). The number of rotatable bonds is 3. The van der Waals surface area contributed by atoms with Crippen molar-refractivity contribution in [1.82, 2.24) is 0 Å². The number of aromatic carboxylic acids is 1. The second-order valence-corrected chi connectivity index (χ2v) is 7.64. The molecular formula is C21H14O4S+2. The number of hydrogen-bond acceptors (Lipinski definition) is 3. The Balaban J connectivity index is 2.25. The molecule has 0 bridgehead atoms. The van der Waals surface area contributed by atoms with Gasteiger partial charge in [-0.15, -0.1) is 0 Å². The van der Waals surface area contributed by atoms with Crippen molar-refractivity contribution in [2.45, 2.75) is 0 Å². The fraction of sp³-hybridized carbons (Fsp3) is 0.0476. The van der Waals surface area contributed by atoms with Gasteiger partial charge in [0.1, 0.15) is 5.39 Å². The van der Waals surface area contributed by atoms with Crippen LogP contribution in [0, 0.1) is 0 Å². The molecule has 1 N–H and O–H groups in total. The van der Waals surface area contributed by atoms with Gasteiger partial charge in [0, 0.05) is 24.3 Å². The molecular weight excluding hydrogens is 348 g/mol. The van der Waals surface area contributed by atoms with Crippen molar-refractivity contribution >= 4 is 38.7 Å². The summed E-state index contributed by atoms with van der Waals surface area (Å²) in [6.45, 7) is 0. The SMILES string of the molecule is COc1ccc(C(=O)O)cc1-[s+]1c2c(c(=O)c3ccccc31)=[C+]C=CC=2. The van der Waals surface area contributed by atoms with Crippen LogP contribution in [0.4, 0.5) is 0 Å². The lowest BCUT2D eigenvalue weighted by molar-refractivity contribution is 0.0697. The lowest BCUT2D eigenvalue weighted by Crippen LogP contribution is -2.39. The summed E-state index contributed by atoms with van der Waals surface area (Å²) >= 11 is 0. The highest BCUT2D eigenvalue weighted by atomic mass is 32.2. The van der Waals surface area contributed by atoms with Crippen LogP contribution in [0.15, 0.2) is 59.4 Å². The second-order valence-electron chi connectivity index (χ2n) is 5.71. The van der Waals surface area contributed by atoms with E-state index in [1.165, 1.54) is 6.07 Å². The molecule has 5 heteroatoms. The molecule has 1 unspecified atom stereocenters. The summed E-state index contributed by atoms with van der Waals surface area (Å²) in [6, 6.07) is 12.3. The Morgan fingerprint density at radius 2 is 2.00 bits per heavy atom. The predicted octanol–water partition coefficient (Wildman–Crippen LogP) is 2.65. The zero-order chi connectivity index (χ0) is 18.3. The topological polar surface area (TPSA) is 63.6 Å². The Morgan fingerprint density at radius 1 is 1.19 bits per heavy atom. The zero-order valence-electron chi connectivity index (χ0n) is 13.9. The molecule has 0 amide bonds. The molecule has 0 fully saturated rings. The van der Waals surface area contributed by atoms with Gasteiger partial charge in [0.2, 0.25) is 9.60 Å². The number of methoxy groups -OCH3 is 1. The largest absolute Gasteiger partial charge is 0.491 e. The first-order chi connectivity index (χ1) is 12.6. The number of allylic oxidation sites excluding steroid dienone is 2. The highest BCUT2D eigenvalue weighted by Crippen LogP contribution is 2.39. The lowest BCUT2D eigenvalue weighted by Gasteiger charge is -2.04. The Kier molecular flexibility index (Phi) is 3.88. The van der Waals surface area contributed by atoms with Crippen LogP contribution in [-0.2, 0) is 0 Å². The van der Waals surface area contributed by atoms with E-state index < -0.39 is 16.4 Å². The van der Waals surface area contributed by atoms with Gasteiger partial charge < -0.3 is 9.84 Å². The summed E-state index contributed by atoms with van der Waals surface area (Å²) in [5.74, 6) is -0.406. The third-order valence-corrected chi connectivity index (χ3v) is 6.58. The molecule has 0 radical (unpaired) electrons. The van der Waals surface area contributed by atoms with E-state index in [9.17, 15) is 14.7 Å². The van der Waals surface area contributed by atoms with Crippen LogP contribution in [0.5, 0.6) is 5.75 Å². The van der Waals surface area contributed by atoms with Crippen LogP contribution in [0.2, 0.25) is 0 Å². The summed E-state index contributed by atoms with van der Waals surface area (Å²) in [4.78, 5) is 25.1. The molecule has 0 spiro atoms. The molecule has 4 nitrogen and oxygen atoms in total. The predicted molar refractivity (Wildman–Crippen MR) is 104 cm³/mol. The second kappa shape index (κ2) is 6.23. The van der Waals surface area contributed by atoms with Gasteiger partial charge in [-0.1, -0.05) is 12.1 Å². The number of ether oxygens (including phenoxy) is 1. The quantitative estimate of drug-likeness (QED) is 0.575. The molecule has 1 aliphatic rings. The van der Waals surface area contributed by atoms with E-state index in [0.717, 1.165) is 14.1 Å². The number of benzene rings is 2. The van der Waals surface area contributed by atoms with Crippen LogP contribution in [0.1, 0.15) is 10.4 Å². The van der Waals surface area contributed by atoms with Crippen LogP contribution in [-0.4, -0.2) is 18.2 Å². The van der Waals surface area contributed by atoms with Crippen molar-refractivity contribution in [2.24, 2.45) is 0 Å². The van der Waals surface area contributed by atoms with Crippen LogP contribution in [0.3, 0.4) is 0 Å². The van der Waals surface area contributed by atoms with Gasteiger partial charge >= 0.3 is 5.97 Å². The van der Waals surface area contributed by atoms with E-state index in [-0.39, 0.29) is 11.0 Å². The number of carboxylic acids is 1. The first kappa shape index (κ1) is 16.2. The minimum atomic E-state index is -1.00. The van der Waals surface area contributed by atoms with E-state index in [2.05, 4.69) is 6.08 Å². The van der Waals surface area contributed by atoms with Crippen molar-refractivity contribution in [1.29, 1.82) is 0 Å². The summed E-state index contributed by atoms with van der Waals surface area (Å²) in [5.41, 5.74) is 0.123. The number of hydrogen-bond donors (Lipinski definition) is 1. The van der Waals surface area contributed by atoms with E-state index in [0.29, 0.717) is 16.4 Å². The Labute approximate surface area is 151 Å². The van der Waals surface area contributed by atoms with Crippen molar-refractivity contribution in [2.75, 3.05) is 7.11 Å². The third kappa shape index (κ3) is 2.42. The fourth-order valence-corrected chi connectivity index (χ4v) is 5.53. The Morgan fingerprint density at radius 3 is 2.77 bits per heavy atom. The highest BCUT2D eigenvalue weighted by Gasteiger charge is 2.30. The maximum atomic E-state index is 12.9. The average Bonchev–Trinajstić information content (AvgIpc) is 2.68. The lowest BCUT2D eigenvalue weighted by atomic mass is 10.2. The van der Waals surface area contributed by atoms with E-state index in [1.807, 2.05) is 30.4 Å². The molecule has 1 aromatic heterocycles. The summed E-state index contributed by atoms with van der Waals surface area (Å²) in [5, 5.41) is 10.6. The first-order valence-corrected chi connectivity index (χ1v) is 9.14. The molecule has 0 saturated carbocycles. The van der Waals surface area contributed by atoms with Crippen molar-refractivity contribution in [3.05, 3.63) is 80.2 Å². The Hall–Kier alpha value is -3.27. The third-order valence-electron chi connectivity index (χ3n) is 4.25. The molecule has 126 valence electrons. The molecule has 0 saturated heterocycles. The Bertz CT molecular complexity index is 1270.